The van der Waals surface area contributed by atoms with Crippen LogP contribution in [0.2, 0.25) is 0 Å². The Morgan fingerprint density at radius 2 is 2.10 bits per heavy atom. The van der Waals surface area contributed by atoms with E-state index in [0.717, 1.165) is 32.5 Å². The lowest BCUT2D eigenvalue weighted by Crippen LogP contribution is -2.40. The van der Waals surface area contributed by atoms with Crippen LogP contribution in [0.4, 0.5) is 0 Å². The van der Waals surface area contributed by atoms with Crippen LogP contribution in [-0.2, 0) is 9.53 Å². The summed E-state index contributed by atoms with van der Waals surface area (Å²) in [7, 11) is 3.47. The van der Waals surface area contributed by atoms with Crippen LogP contribution >= 0.6 is 24.0 Å². The predicted molar refractivity (Wildman–Crippen MR) is 96.3 cm³/mol. The normalized spacial score (nSPS) is 18.6. The maximum Gasteiger partial charge on any atom is 0.243 e. The molecule has 1 amide bonds. The SMILES string of the molecule is CCNC(=NCC(=O)N(C)C)NCCC1CCCCO1.I. The van der Waals surface area contributed by atoms with Crippen LogP contribution in [0.5, 0.6) is 0 Å². The standard InChI is InChI=1S/C14H28N4O2.HI/c1-4-15-14(17-11-13(19)18(2)3)16-9-8-12-7-5-6-10-20-12;/h12H,4-11H2,1-3H3,(H2,15,16,17);1H. The molecule has 0 saturated carbocycles. The molecule has 1 rings (SSSR count). The van der Waals surface area contributed by atoms with E-state index < -0.39 is 0 Å². The number of ether oxygens (including phenoxy) is 1. The summed E-state index contributed by atoms with van der Waals surface area (Å²) in [5.74, 6) is 0.691. The van der Waals surface area contributed by atoms with E-state index in [0.29, 0.717) is 12.1 Å². The summed E-state index contributed by atoms with van der Waals surface area (Å²) >= 11 is 0. The first kappa shape index (κ1) is 20.4. The molecule has 0 aliphatic carbocycles. The first-order valence-electron chi connectivity index (χ1n) is 7.47. The fourth-order valence-corrected chi connectivity index (χ4v) is 2.02. The molecule has 1 aliphatic rings. The van der Waals surface area contributed by atoms with Gasteiger partial charge in [-0.25, -0.2) is 4.99 Å². The molecule has 0 aromatic rings. The van der Waals surface area contributed by atoms with E-state index in [2.05, 4.69) is 15.6 Å². The number of likely N-dealkylation sites (N-methyl/N-ethyl adjacent to an activating group) is 1. The molecule has 0 bridgehead atoms. The molecule has 7 heteroatoms. The number of amides is 1. The van der Waals surface area contributed by atoms with E-state index in [1.165, 1.54) is 12.8 Å². The van der Waals surface area contributed by atoms with E-state index in [1.54, 1.807) is 19.0 Å². The number of rotatable bonds is 6. The Morgan fingerprint density at radius 1 is 1.33 bits per heavy atom. The van der Waals surface area contributed by atoms with Gasteiger partial charge in [0.15, 0.2) is 5.96 Å². The number of carbonyl (C=O) groups excluding carboxylic acids is 1. The molecule has 6 nitrogen and oxygen atoms in total. The molecule has 1 saturated heterocycles. The second-order valence-electron chi connectivity index (χ2n) is 5.19. The zero-order chi connectivity index (χ0) is 14.8. The molecule has 0 aromatic heterocycles. The summed E-state index contributed by atoms with van der Waals surface area (Å²) in [6.45, 7) is 4.65. The fourth-order valence-electron chi connectivity index (χ4n) is 2.02. The molecule has 21 heavy (non-hydrogen) atoms. The Hall–Kier alpha value is -0.570. The van der Waals surface area contributed by atoms with Crippen LogP contribution < -0.4 is 10.6 Å². The Balaban J connectivity index is 0.00000400. The zero-order valence-corrected chi connectivity index (χ0v) is 15.7. The van der Waals surface area contributed by atoms with Crippen molar-refractivity contribution in [1.82, 2.24) is 15.5 Å². The van der Waals surface area contributed by atoms with Gasteiger partial charge in [0.05, 0.1) is 6.10 Å². The molecule has 1 unspecified atom stereocenters. The number of carbonyl (C=O) groups is 1. The van der Waals surface area contributed by atoms with Gasteiger partial charge < -0.3 is 20.3 Å². The van der Waals surface area contributed by atoms with Gasteiger partial charge in [0.1, 0.15) is 6.54 Å². The van der Waals surface area contributed by atoms with Crippen molar-refractivity contribution in [2.45, 2.75) is 38.7 Å². The highest BCUT2D eigenvalue weighted by Crippen LogP contribution is 2.14. The van der Waals surface area contributed by atoms with E-state index in [-0.39, 0.29) is 36.4 Å². The average molecular weight is 412 g/mol. The fraction of sp³-hybridized carbons (Fsp3) is 0.857. The quantitative estimate of drug-likeness (QED) is 0.391. The summed E-state index contributed by atoms with van der Waals surface area (Å²) in [6, 6.07) is 0. The highest BCUT2D eigenvalue weighted by molar-refractivity contribution is 14.0. The largest absolute Gasteiger partial charge is 0.378 e. The van der Waals surface area contributed by atoms with Crippen molar-refractivity contribution in [1.29, 1.82) is 0 Å². The molecular weight excluding hydrogens is 383 g/mol. The molecule has 1 fully saturated rings. The first-order chi connectivity index (χ1) is 9.63. The monoisotopic (exact) mass is 412 g/mol. The lowest BCUT2D eigenvalue weighted by Gasteiger charge is -2.23. The van der Waals surface area contributed by atoms with Crippen molar-refractivity contribution in [3.05, 3.63) is 0 Å². The van der Waals surface area contributed by atoms with Gasteiger partial charge >= 0.3 is 0 Å². The summed E-state index contributed by atoms with van der Waals surface area (Å²) < 4.78 is 5.69. The first-order valence-corrected chi connectivity index (χ1v) is 7.47. The zero-order valence-electron chi connectivity index (χ0n) is 13.4. The second kappa shape index (κ2) is 12.0. The molecule has 124 valence electrons. The van der Waals surface area contributed by atoms with Gasteiger partial charge in [-0.1, -0.05) is 0 Å². The number of aliphatic imine (C=N–C) groups is 1. The maximum absolute atomic E-state index is 11.5. The number of nitrogens with one attached hydrogen (secondary N) is 2. The van der Waals surface area contributed by atoms with Gasteiger partial charge in [0.25, 0.3) is 0 Å². The van der Waals surface area contributed by atoms with Crippen LogP contribution in [0.3, 0.4) is 0 Å². The average Bonchev–Trinajstić information content (AvgIpc) is 2.45. The highest BCUT2D eigenvalue weighted by Gasteiger charge is 2.13. The second-order valence-corrected chi connectivity index (χ2v) is 5.19. The van der Waals surface area contributed by atoms with Crippen LogP contribution in [0, 0.1) is 0 Å². The topological polar surface area (TPSA) is 66.0 Å². The number of guanidine groups is 1. The Bertz CT molecular complexity index is 318. The molecule has 1 aliphatic heterocycles. The molecule has 0 aromatic carbocycles. The van der Waals surface area contributed by atoms with E-state index in [4.69, 9.17) is 4.74 Å². The third-order valence-corrected chi connectivity index (χ3v) is 3.25. The van der Waals surface area contributed by atoms with Gasteiger partial charge in [-0.05, 0) is 32.6 Å². The van der Waals surface area contributed by atoms with Crippen molar-refractivity contribution in [2.24, 2.45) is 4.99 Å². The number of hydrogen-bond acceptors (Lipinski definition) is 3. The summed E-state index contributed by atoms with van der Waals surface area (Å²) in [5.41, 5.74) is 0. The van der Waals surface area contributed by atoms with Gasteiger partial charge in [-0.15, -0.1) is 24.0 Å². The predicted octanol–water partition coefficient (Wildman–Crippen LogP) is 1.21. The number of hydrogen-bond donors (Lipinski definition) is 2. The minimum Gasteiger partial charge on any atom is -0.378 e. The third kappa shape index (κ3) is 9.13. The Kier molecular flexibility index (Phi) is 11.7. The Morgan fingerprint density at radius 3 is 2.67 bits per heavy atom. The van der Waals surface area contributed by atoms with Gasteiger partial charge in [-0.2, -0.15) is 0 Å². The van der Waals surface area contributed by atoms with Crippen LogP contribution in [0.25, 0.3) is 0 Å². The maximum atomic E-state index is 11.5. The highest BCUT2D eigenvalue weighted by atomic mass is 127. The van der Waals surface area contributed by atoms with Crippen LogP contribution in [0.1, 0.15) is 32.6 Å². The van der Waals surface area contributed by atoms with E-state index >= 15 is 0 Å². The van der Waals surface area contributed by atoms with Crippen molar-refractivity contribution in [2.75, 3.05) is 40.3 Å². The molecular formula is C14H29IN4O2. The summed E-state index contributed by atoms with van der Waals surface area (Å²) in [4.78, 5) is 17.3. The smallest absolute Gasteiger partial charge is 0.243 e. The lowest BCUT2D eigenvalue weighted by atomic mass is 10.1. The minimum absolute atomic E-state index is 0. The molecule has 1 heterocycles. The number of nitrogens with zero attached hydrogens (tertiary/aromatic N) is 2. The van der Waals surface area contributed by atoms with E-state index in [9.17, 15) is 4.79 Å². The molecule has 0 spiro atoms. The van der Waals surface area contributed by atoms with Gasteiger partial charge in [0.2, 0.25) is 5.91 Å². The minimum atomic E-state index is -0.00202. The van der Waals surface area contributed by atoms with Crippen molar-refractivity contribution in [3.63, 3.8) is 0 Å². The van der Waals surface area contributed by atoms with Crippen LogP contribution in [0.15, 0.2) is 4.99 Å². The Labute approximate surface area is 145 Å². The van der Waals surface area contributed by atoms with Crippen LogP contribution in [-0.4, -0.2) is 63.2 Å². The third-order valence-electron chi connectivity index (χ3n) is 3.25. The summed E-state index contributed by atoms with van der Waals surface area (Å²) in [6.07, 6.45) is 4.93. The van der Waals surface area contributed by atoms with Crippen molar-refractivity contribution in [3.8, 4) is 0 Å². The van der Waals surface area contributed by atoms with E-state index in [1.807, 2.05) is 6.92 Å². The van der Waals surface area contributed by atoms with Crippen molar-refractivity contribution >= 4 is 35.8 Å². The molecule has 0 radical (unpaired) electrons. The van der Waals surface area contributed by atoms with Gasteiger partial charge in [0, 0.05) is 33.8 Å². The molecule has 1 atom stereocenters. The van der Waals surface area contributed by atoms with Gasteiger partial charge in [-0.3, -0.25) is 4.79 Å². The van der Waals surface area contributed by atoms with Crippen molar-refractivity contribution < 1.29 is 9.53 Å². The lowest BCUT2D eigenvalue weighted by molar-refractivity contribution is -0.127. The number of halogens is 1. The molecule has 2 N–H and O–H groups in total. The summed E-state index contributed by atoms with van der Waals surface area (Å²) in [5, 5.41) is 6.39.